The van der Waals surface area contributed by atoms with Crippen molar-refractivity contribution in [1.29, 1.82) is 0 Å². The fourth-order valence-electron chi connectivity index (χ4n) is 3.85. The Morgan fingerprint density at radius 1 is 1.03 bits per heavy atom. The van der Waals surface area contributed by atoms with E-state index in [0.29, 0.717) is 22.7 Å². The first kappa shape index (κ1) is 20.9. The Bertz CT molecular complexity index is 1270. The van der Waals surface area contributed by atoms with Crippen LogP contribution in [0.2, 0.25) is 0 Å². The molecule has 0 aliphatic carbocycles. The summed E-state index contributed by atoms with van der Waals surface area (Å²) >= 11 is 3.45. The van der Waals surface area contributed by atoms with E-state index in [1.54, 1.807) is 31.1 Å². The molecule has 6 heteroatoms. The number of ether oxygens (including phenoxy) is 2. The van der Waals surface area contributed by atoms with E-state index in [4.69, 9.17) is 9.47 Å². The van der Waals surface area contributed by atoms with Crippen LogP contribution in [0.1, 0.15) is 12.5 Å². The van der Waals surface area contributed by atoms with Crippen LogP contribution in [0.3, 0.4) is 0 Å². The Balaban J connectivity index is 1.94. The van der Waals surface area contributed by atoms with Gasteiger partial charge >= 0.3 is 5.97 Å². The maximum atomic E-state index is 13.6. The van der Waals surface area contributed by atoms with Crippen molar-refractivity contribution < 1.29 is 19.1 Å². The summed E-state index contributed by atoms with van der Waals surface area (Å²) in [6.07, 6.45) is 1.67. The molecule has 31 heavy (non-hydrogen) atoms. The number of esters is 1. The smallest absolute Gasteiger partial charge is 0.340 e. The normalized spacial score (nSPS) is 15.2. The zero-order valence-corrected chi connectivity index (χ0v) is 18.9. The highest BCUT2D eigenvalue weighted by molar-refractivity contribution is 9.10. The number of fused-ring (bicyclic) bond motifs is 1. The first-order valence-corrected chi connectivity index (χ1v) is 10.4. The molecule has 1 amide bonds. The van der Waals surface area contributed by atoms with Crippen LogP contribution in [0, 0.1) is 0 Å². The lowest BCUT2D eigenvalue weighted by Crippen LogP contribution is -2.24. The molecular weight excluding hydrogens is 458 g/mol. The van der Waals surface area contributed by atoms with E-state index in [2.05, 4.69) is 15.9 Å². The summed E-state index contributed by atoms with van der Waals surface area (Å²) in [5.74, 6) is -0.265. The van der Waals surface area contributed by atoms with Gasteiger partial charge in [-0.2, -0.15) is 0 Å². The van der Waals surface area contributed by atoms with Gasteiger partial charge in [-0.05, 0) is 42.7 Å². The van der Waals surface area contributed by atoms with Crippen LogP contribution in [0.5, 0.6) is 5.75 Å². The average Bonchev–Trinajstić information content (AvgIpc) is 3.02. The summed E-state index contributed by atoms with van der Waals surface area (Å²) in [6.45, 7) is 1.75. The summed E-state index contributed by atoms with van der Waals surface area (Å²) in [5, 5.41) is 1.93. The molecule has 1 aliphatic heterocycles. The molecule has 0 spiro atoms. The largest absolute Gasteiger partial charge is 0.496 e. The molecule has 0 fully saturated rings. The van der Waals surface area contributed by atoms with E-state index < -0.39 is 5.97 Å². The Hall–Kier alpha value is -3.38. The molecule has 0 unspecified atom stereocenters. The second-order valence-corrected chi connectivity index (χ2v) is 7.95. The van der Waals surface area contributed by atoms with Crippen molar-refractivity contribution in [3.8, 4) is 5.75 Å². The van der Waals surface area contributed by atoms with Gasteiger partial charge in [-0.1, -0.05) is 52.3 Å². The number of rotatable bonds is 4. The van der Waals surface area contributed by atoms with Gasteiger partial charge in [0.2, 0.25) is 0 Å². The van der Waals surface area contributed by atoms with Crippen LogP contribution in [0.25, 0.3) is 16.8 Å². The van der Waals surface area contributed by atoms with E-state index in [9.17, 15) is 9.59 Å². The van der Waals surface area contributed by atoms with Gasteiger partial charge in [-0.25, -0.2) is 4.79 Å². The number of hydrogen-bond acceptors (Lipinski definition) is 4. The number of amides is 1. The molecule has 0 saturated heterocycles. The average molecular weight is 478 g/mol. The summed E-state index contributed by atoms with van der Waals surface area (Å²) in [7, 11) is 2.87. The first-order chi connectivity index (χ1) is 15.0. The minimum Gasteiger partial charge on any atom is -0.496 e. The molecule has 1 heterocycles. The molecule has 0 N–H and O–H groups in total. The zero-order valence-electron chi connectivity index (χ0n) is 17.3. The molecule has 3 aromatic rings. The number of halogens is 1. The van der Waals surface area contributed by atoms with Gasteiger partial charge in [0, 0.05) is 21.1 Å². The number of benzene rings is 3. The first-order valence-electron chi connectivity index (χ1n) is 9.63. The molecule has 0 atom stereocenters. The Morgan fingerprint density at radius 3 is 2.52 bits per heavy atom. The minimum atomic E-state index is -0.561. The maximum absolute atomic E-state index is 13.6. The predicted molar refractivity (Wildman–Crippen MR) is 125 cm³/mol. The van der Waals surface area contributed by atoms with Crippen molar-refractivity contribution in [3.63, 3.8) is 0 Å². The van der Waals surface area contributed by atoms with E-state index in [1.807, 2.05) is 54.6 Å². The molecule has 5 nitrogen and oxygen atoms in total. The van der Waals surface area contributed by atoms with Crippen LogP contribution >= 0.6 is 15.9 Å². The third kappa shape index (κ3) is 3.64. The topological polar surface area (TPSA) is 55.8 Å². The Labute approximate surface area is 188 Å². The number of carbonyl (C=O) groups is 2. The van der Waals surface area contributed by atoms with Crippen molar-refractivity contribution in [3.05, 3.63) is 87.5 Å². The van der Waals surface area contributed by atoms with Gasteiger partial charge in [0.25, 0.3) is 5.91 Å². The lowest BCUT2D eigenvalue weighted by molar-refractivity contribution is -0.136. The highest BCUT2D eigenvalue weighted by Crippen LogP contribution is 2.39. The van der Waals surface area contributed by atoms with Gasteiger partial charge in [0.1, 0.15) is 5.75 Å². The fourth-order valence-corrected chi connectivity index (χ4v) is 4.23. The lowest BCUT2D eigenvalue weighted by Gasteiger charge is -2.20. The number of allylic oxidation sites excluding steroid dienone is 1. The van der Waals surface area contributed by atoms with Crippen LogP contribution in [0.4, 0.5) is 5.69 Å². The maximum Gasteiger partial charge on any atom is 0.340 e. The van der Waals surface area contributed by atoms with E-state index in [-0.39, 0.29) is 17.1 Å². The minimum absolute atomic E-state index is 0.238. The molecule has 0 saturated carbocycles. The zero-order chi connectivity index (χ0) is 22.1. The van der Waals surface area contributed by atoms with E-state index >= 15 is 0 Å². The third-order valence-electron chi connectivity index (χ3n) is 5.29. The summed E-state index contributed by atoms with van der Waals surface area (Å²) in [4.78, 5) is 27.9. The van der Waals surface area contributed by atoms with Crippen molar-refractivity contribution in [1.82, 2.24) is 0 Å². The highest BCUT2D eigenvalue weighted by atomic mass is 79.9. The van der Waals surface area contributed by atoms with Crippen LogP contribution in [-0.4, -0.2) is 26.1 Å². The summed E-state index contributed by atoms with van der Waals surface area (Å²) in [5.41, 5.74) is 2.41. The Morgan fingerprint density at radius 2 is 1.77 bits per heavy atom. The number of carbonyl (C=O) groups excluding carboxylic acids is 2. The fraction of sp³-hybridized carbons (Fsp3) is 0.120. The van der Waals surface area contributed by atoms with Crippen molar-refractivity contribution >= 4 is 50.3 Å². The second-order valence-electron chi connectivity index (χ2n) is 7.04. The van der Waals surface area contributed by atoms with Crippen molar-refractivity contribution in [2.75, 3.05) is 19.1 Å². The lowest BCUT2D eigenvalue weighted by atomic mass is 10.0. The summed E-state index contributed by atoms with van der Waals surface area (Å²) < 4.78 is 11.3. The number of hydrogen-bond donors (Lipinski definition) is 0. The molecule has 0 bridgehead atoms. The number of nitrogens with zero attached hydrogens (tertiary/aromatic N) is 1. The molecule has 0 aromatic heterocycles. The predicted octanol–water partition coefficient (Wildman–Crippen LogP) is 5.49. The number of anilines is 1. The SMILES string of the molecule is COC(=O)C1=C(C)N(c2cccc3ccccc23)C(=O)C1=Cc1cc(Br)ccc1OC. The second kappa shape index (κ2) is 8.40. The van der Waals surface area contributed by atoms with Crippen molar-refractivity contribution in [2.45, 2.75) is 6.92 Å². The van der Waals surface area contributed by atoms with Crippen LogP contribution < -0.4 is 9.64 Å². The molecule has 1 aliphatic rings. The van der Waals surface area contributed by atoms with Gasteiger partial charge in [0.15, 0.2) is 0 Å². The van der Waals surface area contributed by atoms with Gasteiger partial charge < -0.3 is 9.47 Å². The van der Waals surface area contributed by atoms with Crippen molar-refractivity contribution in [2.24, 2.45) is 0 Å². The summed E-state index contributed by atoms with van der Waals surface area (Å²) in [6, 6.07) is 19.1. The van der Waals surface area contributed by atoms with Gasteiger partial charge in [-0.3, -0.25) is 9.69 Å². The van der Waals surface area contributed by atoms with E-state index in [0.717, 1.165) is 15.2 Å². The Kier molecular flexibility index (Phi) is 5.65. The van der Waals surface area contributed by atoms with Crippen LogP contribution in [0.15, 0.2) is 82.0 Å². The standard InChI is InChI=1S/C25H20BrNO4/c1-15-23(25(29)31-3)20(14-17-13-18(26)11-12-22(17)30-2)24(28)27(15)21-10-6-8-16-7-4-5-9-19(16)21/h4-14H,1-3H3. The third-order valence-corrected chi connectivity index (χ3v) is 5.78. The van der Waals surface area contributed by atoms with E-state index in [1.165, 1.54) is 7.11 Å². The highest BCUT2D eigenvalue weighted by Gasteiger charge is 2.38. The monoisotopic (exact) mass is 477 g/mol. The molecule has 4 rings (SSSR count). The number of methoxy groups -OCH3 is 2. The quantitative estimate of drug-likeness (QED) is 0.368. The van der Waals surface area contributed by atoms with Crippen LogP contribution in [-0.2, 0) is 14.3 Å². The van der Waals surface area contributed by atoms with Gasteiger partial charge in [-0.15, -0.1) is 0 Å². The molecule has 0 radical (unpaired) electrons. The molecular formula is C25H20BrNO4. The molecule has 3 aromatic carbocycles. The molecule has 156 valence electrons. The van der Waals surface area contributed by atoms with Gasteiger partial charge in [0.05, 0.1) is 31.1 Å².